The zero-order valence-electron chi connectivity index (χ0n) is 13.1. The van der Waals surface area contributed by atoms with Gasteiger partial charge in [-0.15, -0.1) is 0 Å². The lowest BCUT2D eigenvalue weighted by Crippen LogP contribution is -2.40. The number of aryl methyl sites for hydroxylation is 1. The SMILES string of the molecule is CCc1ccc2occ(C(=O)N3CC(OC)CC3C(=O)O)c2c1. The summed E-state index contributed by atoms with van der Waals surface area (Å²) in [5.74, 6) is -1.34. The summed E-state index contributed by atoms with van der Waals surface area (Å²) >= 11 is 0. The van der Waals surface area contributed by atoms with Gasteiger partial charge >= 0.3 is 5.97 Å². The van der Waals surface area contributed by atoms with Gasteiger partial charge in [-0.2, -0.15) is 0 Å². The number of carboxylic acid groups (broad SMARTS) is 1. The van der Waals surface area contributed by atoms with E-state index in [4.69, 9.17) is 9.15 Å². The first kappa shape index (κ1) is 15.6. The van der Waals surface area contributed by atoms with Crippen molar-refractivity contribution in [3.63, 3.8) is 0 Å². The predicted molar refractivity (Wildman–Crippen MR) is 83.5 cm³/mol. The quantitative estimate of drug-likeness (QED) is 0.936. The Morgan fingerprint density at radius 1 is 1.43 bits per heavy atom. The Kier molecular flexibility index (Phi) is 4.09. The predicted octanol–water partition coefficient (Wildman–Crippen LogP) is 2.31. The summed E-state index contributed by atoms with van der Waals surface area (Å²) in [6, 6.07) is 4.84. The highest BCUT2D eigenvalue weighted by Crippen LogP contribution is 2.28. The summed E-state index contributed by atoms with van der Waals surface area (Å²) in [6.07, 6.45) is 2.30. The third-order valence-corrected chi connectivity index (χ3v) is 4.42. The van der Waals surface area contributed by atoms with Gasteiger partial charge < -0.3 is 19.2 Å². The number of rotatable bonds is 4. The molecule has 1 fully saturated rings. The van der Waals surface area contributed by atoms with Crippen LogP contribution in [0.5, 0.6) is 0 Å². The number of fused-ring (bicyclic) bond motifs is 1. The molecule has 1 aliphatic heterocycles. The average molecular weight is 317 g/mol. The first-order valence-electron chi connectivity index (χ1n) is 7.61. The number of furan rings is 1. The molecule has 0 radical (unpaired) electrons. The molecule has 2 atom stereocenters. The molecule has 1 aromatic carbocycles. The average Bonchev–Trinajstić information content (AvgIpc) is 3.17. The molecule has 122 valence electrons. The fourth-order valence-corrected chi connectivity index (χ4v) is 3.04. The summed E-state index contributed by atoms with van der Waals surface area (Å²) in [7, 11) is 1.53. The van der Waals surface area contributed by atoms with Gasteiger partial charge in [-0.05, 0) is 24.1 Å². The highest BCUT2D eigenvalue weighted by molar-refractivity contribution is 6.07. The van der Waals surface area contributed by atoms with Crippen LogP contribution in [0.1, 0.15) is 29.3 Å². The number of ether oxygens (including phenoxy) is 1. The molecule has 1 aliphatic rings. The highest BCUT2D eigenvalue weighted by Gasteiger charge is 2.40. The maximum absolute atomic E-state index is 12.8. The number of carbonyl (C=O) groups excluding carboxylic acids is 1. The topological polar surface area (TPSA) is 80.0 Å². The zero-order chi connectivity index (χ0) is 16.6. The van der Waals surface area contributed by atoms with Gasteiger partial charge in [-0.25, -0.2) is 4.79 Å². The van der Waals surface area contributed by atoms with Crippen LogP contribution < -0.4 is 0 Å². The van der Waals surface area contributed by atoms with Gasteiger partial charge in [0.25, 0.3) is 5.91 Å². The molecule has 3 rings (SSSR count). The summed E-state index contributed by atoms with van der Waals surface area (Å²) in [6.45, 7) is 2.30. The molecule has 1 saturated heterocycles. The van der Waals surface area contributed by atoms with Crippen molar-refractivity contribution in [3.8, 4) is 0 Å². The molecule has 23 heavy (non-hydrogen) atoms. The largest absolute Gasteiger partial charge is 0.480 e. The third-order valence-electron chi connectivity index (χ3n) is 4.42. The van der Waals surface area contributed by atoms with Crippen molar-refractivity contribution in [2.45, 2.75) is 31.9 Å². The van der Waals surface area contributed by atoms with Gasteiger partial charge in [0.05, 0.1) is 11.7 Å². The van der Waals surface area contributed by atoms with Crippen molar-refractivity contribution < 1.29 is 23.8 Å². The van der Waals surface area contributed by atoms with E-state index in [9.17, 15) is 14.7 Å². The number of carboxylic acids is 1. The molecule has 6 heteroatoms. The summed E-state index contributed by atoms with van der Waals surface area (Å²) in [4.78, 5) is 25.6. The summed E-state index contributed by atoms with van der Waals surface area (Å²) in [5.41, 5.74) is 2.12. The summed E-state index contributed by atoms with van der Waals surface area (Å²) < 4.78 is 10.7. The van der Waals surface area contributed by atoms with Crippen molar-refractivity contribution in [2.75, 3.05) is 13.7 Å². The number of nitrogens with zero attached hydrogens (tertiary/aromatic N) is 1. The number of benzene rings is 1. The Bertz CT molecular complexity index is 751. The van der Waals surface area contributed by atoms with Gasteiger partial charge in [0.2, 0.25) is 0 Å². The van der Waals surface area contributed by atoms with E-state index in [-0.39, 0.29) is 18.6 Å². The van der Waals surface area contributed by atoms with E-state index in [0.717, 1.165) is 17.4 Å². The van der Waals surface area contributed by atoms with Crippen LogP contribution in [0, 0.1) is 0 Å². The monoisotopic (exact) mass is 317 g/mol. The minimum absolute atomic E-state index is 0.260. The van der Waals surface area contributed by atoms with Gasteiger partial charge in [0.1, 0.15) is 17.9 Å². The maximum Gasteiger partial charge on any atom is 0.326 e. The lowest BCUT2D eigenvalue weighted by molar-refractivity contribution is -0.141. The van der Waals surface area contributed by atoms with Crippen LogP contribution in [-0.4, -0.2) is 47.7 Å². The molecule has 0 aliphatic carbocycles. The fraction of sp³-hybridized carbons (Fsp3) is 0.412. The Balaban J connectivity index is 1.97. The first-order chi connectivity index (χ1) is 11.0. The lowest BCUT2D eigenvalue weighted by Gasteiger charge is -2.20. The normalized spacial score (nSPS) is 21.0. The van der Waals surface area contributed by atoms with Gasteiger partial charge in [-0.1, -0.05) is 13.0 Å². The number of methoxy groups -OCH3 is 1. The molecule has 2 aromatic rings. The van der Waals surface area contributed by atoms with Gasteiger partial charge in [0.15, 0.2) is 0 Å². The zero-order valence-corrected chi connectivity index (χ0v) is 13.1. The molecule has 0 bridgehead atoms. The number of likely N-dealkylation sites (tertiary alicyclic amines) is 1. The smallest absolute Gasteiger partial charge is 0.326 e. The van der Waals surface area contributed by atoms with Crippen LogP contribution in [0.15, 0.2) is 28.9 Å². The van der Waals surface area contributed by atoms with Crippen LogP contribution in [0.25, 0.3) is 11.0 Å². The van der Waals surface area contributed by atoms with E-state index < -0.39 is 12.0 Å². The van der Waals surface area contributed by atoms with E-state index in [1.54, 1.807) is 0 Å². The van der Waals surface area contributed by atoms with Gasteiger partial charge in [0, 0.05) is 25.5 Å². The van der Waals surface area contributed by atoms with E-state index >= 15 is 0 Å². The Morgan fingerprint density at radius 3 is 2.87 bits per heavy atom. The van der Waals surface area contributed by atoms with E-state index in [1.165, 1.54) is 18.3 Å². The molecule has 0 saturated carbocycles. The molecule has 2 unspecified atom stereocenters. The van der Waals surface area contributed by atoms with Gasteiger partial charge in [-0.3, -0.25) is 4.79 Å². The fourth-order valence-electron chi connectivity index (χ4n) is 3.04. The second kappa shape index (κ2) is 6.04. The van der Waals surface area contributed by atoms with Crippen molar-refractivity contribution in [1.29, 1.82) is 0 Å². The van der Waals surface area contributed by atoms with E-state index in [2.05, 4.69) is 0 Å². The molecule has 1 aromatic heterocycles. The summed E-state index contributed by atoms with van der Waals surface area (Å²) in [5, 5.41) is 10.1. The standard InChI is InChI=1S/C17H19NO5/c1-3-10-4-5-15-12(6-10)13(9-23-15)16(19)18-8-11(22-2)7-14(18)17(20)21/h4-6,9,11,14H,3,7-8H2,1-2H3,(H,20,21). The minimum atomic E-state index is -1.01. The second-order valence-electron chi connectivity index (χ2n) is 5.74. The Morgan fingerprint density at radius 2 is 2.22 bits per heavy atom. The highest BCUT2D eigenvalue weighted by atomic mass is 16.5. The molecule has 1 amide bonds. The van der Waals surface area contributed by atoms with E-state index in [1.807, 2.05) is 25.1 Å². The second-order valence-corrected chi connectivity index (χ2v) is 5.74. The van der Waals surface area contributed by atoms with Crippen LogP contribution in [0.4, 0.5) is 0 Å². The third kappa shape index (κ3) is 2.70. The number of hydrogen-bond acceptors (Lipinski definition) is 4. The van der Waals surface area contributed by atoms with Crippen molar-refractivity contribution >= 4 is 22.8 Å². The Labute approximate surface area is 133 Å². The Hall–Kier alpha value is -2.34. The van der Waals surface area contributed by atoms with Crippen molar-refractivity contribution in [3.05, 3.63) is 35.6 Å². The van der Waals surface area contributed by atoms with Crippen LogP contribution in [-0.2, 0) is 16.0 Å². The molecule has 1 N–H and O–H groups in total. The number of amides is 1. The molecule has 2 heterocycles. The number of carbonyl (C=O) groups is 2. The van der Waals surface area contributed by atoms with Crippen LogP contribution in [0.3, 0.4) is 0 Å². The molecule has 6 nitrogen and oxygen atoms in total. The number of hydrogen-bond donors (Lipinski definition) is 1. The molecule has 0 spiro atoms. The van der Waals surface area contributed by atoms with Crippen molar-refractivity contribution in [2.24, 2.45) is 0 Å². The number of aliphatic carboxylic acids is 1. The van der Waals surface area contributed by atoms with Crippen LogP contribution in [0.2, 0.25) is 0 Å². The molecular formula is C17H19NO5. The molecular weight excluding hydrogens is 298 g/mol. The van der Waals surface area contributed by atoms with Crippen molar-refractivity contribution in [1.82, 2.24) is 4.90 Å². The lowest BCUT2D eigenvalue weighted by atomic mass is 10.1. The maximum atomic E-state index is 12.8. The minimum Gasteiger partial charge on any atom is -0.480 e. The van der Waals surface area contributed by atoms with E-state index in [0.29, 0.717) is 17.6 Å². The first-order valence-corrected chi connectivity index (χ1v) is 7.61. The van der Waals surface area contributed by atoms with Crippen LogP contribution >= 0.6 is 0 Å².